The Bertz CT molecular complexity index is 739. The van der Waals surface area contributed by atoms with E-state index < -0.39 is 0 Å². The quantitative estimate of drug-likeness (QED) is 0.710. The van der Waals surface area contributed by atoms with Crippen molar-refractivity contribution in [1.29, 1.82) is 0 Å². The van der Waals surface area contributed by atoms with Gasteiger partial charge in [0.25, 0.3) is 5.91 Å². The fourth-order valence-corrected chi connectivity index (χ4v) is 2.97. The van der Waals surface area contributed by atoms with E-state index in [1.807, 2.05) is 13.8 Å². The summed E-state index contributed by atoms with van der Waals surface area (Å²) in [6, 6.07) is 4.89. The molecule has 0 fully saturated rings. The summed E-state index contributed by atoms with van der Waals surface area (Å²) in [7, 11) is 0. The van der Waals surface area contributed by atoms with Gasteiger partial charge in [-0.2, -0.15) is 5.10 Å². The molecule has 0 radical (unpaired) electrons. The standard InChI is InChI=1S/C18H22Cl2N2O2/c1-11(2)5-7-15-12(3)21-22(13(15)4)18(23)10-24-17-8-6-14(19)9-16(17)20/h6,8-9,11H,5,7,10H2,1-4H3. The smallest absolute Gasteiger partial charge is 0.284 e. The topological polar surface area (TPSA) is 44.1 Å². The molecule has 1 aromatic heterocycles. The Morgan fingerprint density at radius 1 is 1.29 bits per heavy atom. The largest absolute Gasteiger partial charge is 0.482 e. The summed E-state index contributed by atoms with van der Waals surface area (Å²) in [4.78, 5) is 12.4. The van der Waals surface area contributed by atoms with Crippen LogP contribution in [0.15, 0.2) is 18.2 Å². The molecule has 130 valence electrons. The Labute approximate surface area is 152 Å². The zero-order valence-corrected chi connectivity index (χ0v) is 15.9. The third kappa shape index (κ3) is 4.52. The first-order valence-electron chi connectivity index (χ1n) is 7.95. The first kappa shape index (κ1) is 18.8. The van der Waals surface area contributed by atoms with Gasteiger partial charge in [0.05, 0.1) is 10.7 Å². The van der Waals surface area contributed by atoms with Gasteiger partial charge in [0, 0.05) is 10.7 Å². The van der Waals surface area contributed by atoms with Gasteiger partial charge in [-0.25, -0.2) is 4.68 Å². The average molecular weight is 369 g/mol. The van der Waals surface area contributed by atoms with E-state index in [0.29, 0.717) is 21.7 Å². The molecule has 0 unspecified atom stereocenters. The third-order valence-electron chi connectivity index (χ3n) is 3.89. The molecule has 0 spiro atoms. The average Bonchev–Trinajstić information content (AvgIpc) is 2.78. The summed E-state index contributed by atoms with van der Waals surface area (Å²) in [5, 5.41) is 5.27. The summed E-state index contributed by atoms with van der Waals surface area (Å²) in [5.41, 5.74) is 2.91. The number of carbonyl (C=O) groups is 1. The van der Waals surface area contributed by atoms with Crippen molar-refractivity contribution in [3.8, 4) is 5.75 Å². The Morgan fingerprint density at radius 2 is 2.00 bits per heavy atom. The molecule has 0 amide bonds. The molecule has 0 N–H and O–H groups in total. The van der Waals surface area contributed by atoms with Crippen LogP contribution in [-0.2, 0) is 6.42 Å². The van der Waals surface area contributed by atoms with Crippen molar-refractivity contribution in [2.24, 2.45) is 5.92 Å². The van der Waals surface area contributed by atoms with Crippen molar-refractivity contribution in [3.63, 3.8) is 0 Å². The lowest BCUT2D eigenvalue weighted by Crippen LogP contribution is -2.22. The second kappa shape index (κ2) is 8.04. The van der Waals surface area contributed by atoms with E-state index in [1.54, 1.807) is 18.2 Å². The van der Waals surface area contributed by atoms with E-state index in [2.05, 4.69) is 18.9 Å². The molecule has 24 heavy (non-hydrogen) atoms. The zero-order valence-electron chi connectivity index (χ0n) is 14.4. The fraction of sp³-hybridized carbons (Fsp3) is 0.444. The van der Waals surface area contributed by atoms with Gasteiger partial charge >= 0.3 is 0 Å². The van der Waals surface area contributed by atoms with Gasteiger partial charge in [0.15, 0.2) is 6.61 Å². The number of benzene rings is 1. The number of halogens is 2. The first-order valence-corrected chi connectivity index (χ1v) is 8.71. The third-order valence-corrected chi connectivity index (χ3v) is 4.42. The lowest BCUT2D eigenvalue weighted by molar-refractivity contribution is 0.0818. The molecule has 2 aromatic rings. The van der Waals surface area contributed by atoms with Crippen LogP contribution in [0.3, 0.4) is 0 Å². The van der Waals surface area contributed by atoms with Gasteiger partial charge in [-0.05, 0) is 56.4 Å². The second-order valence-electron chi connectivity index (χ2n) is 6.25. The molecule has 2 rings (SSSR count). The van der Waals surface area contributed by atoms with E-state index in [1.165, 1.54) is 4.68 Å². The van der Waals surface area contributed by atoms with Gasteiger partial charge in [-0.1, -0.05) is 37.0 Å². The molecule has 0 saturated heterocycles. The minimum atomic E-state index is -0.225. The van der Waals surface area contributed by atoms with Crippen molar-refractivity contribution < 1.29 is 9.53 Å². The molecule has 6 heteroatoms. The van der Waals surface area contributed by atoms with Crippen molar-refractivity contribution in [2.75, 3.05) is 6.61 Å². The highest BCUT2D eigenvalue weighted by Crippen LogP contribution is 2.27. The Kier molecular flexibility index (Phi) is 6.30. The summed E-state index contributed by atoms with van der Waals surface area (Å²) < 4.78 is 6.93. The van der Waals surface area contributed by atoms with E-state index in [-0.39, 0.29) is 12.5 Å². The summed E-state index contributed by atoms with van der Waals surface area (Å²) in [6.45, 7) is 8.09. The number of aryl methyl sites for hydroxylation is 1. The highest BCUT2D eigenvalue weighted by molar-refractivity contribution is 6.35. The molecule has 0 aliphatic rings. The van der Waals surface area contributed by atoms with Crippen molar-refractivity contribution in [3.05, 3.63) is 45.2 Å². The van der Waals surface area contributed by atoms with Crippen LogP contribution in [0.1, 0.15) is 42.0 Å². The number of aromatic nitrogens is 2. The second-order valence-corrected chi connectivity index (χ2v) is 7.09. The minimum Gasteiger partial charge on any atom is -0.482 e. The molecular formula is C18H22Cl2N2O2. The zero-order chi connectivity index (χ0) is 17.9. The van der Waals surface area contributed by atoms with Crippen molar-refractivity contribution >= 4 is 29.1 Å². The highest BCUT2D eigenvalue weighted by atomic mass is 35.5. The van der Waals surface area contributed by atoms with Crippen LogP contribution in [-0.4, -0.2) is 22.3 Å². The van der Waals surface area contributed by atoms with E-state index in [4.69, 9.17) is 27.9 Å². The summed E-state index contributed by atoms with van der Waals surface area (Å²) in [6.07, 6.45) is 1.99. The van der Waals surface area contributed by atoms with Crippen LogP contribution in [0.5, 0.6) is 5.75 Å². The molecule has 0 aliphatic heterocycles. The van der Waals surface area contributed by atoms with E-state index in [0.717, 1.165) is 29.8 Å². The van der Waals surface area contributed by atoms with Gasteiger partial charge in [0.1, 0.15) is 5.75 Å². The molecule has 1 aromatic carbocycles. The van der Waals surface area contributed by atoms with Crippen LogP contribution < -0.4 is 4.74 Å². The summed E-state index contributed by atoms with van der Waals surface area (Å²) >= 11 is 11.9. The lowest BCUT2D eigenvalue weighted by Gasteiger charge is -2.09. The number of hydrogen-bond acceptors (Lipinski definition) is 3. The van der Waals surface area contributed by atoms with Crippen molar-refractivity contribution in [2.45, 2.75) is 40.5 Å². The van der Waals surface area contributed by atoms with Crippen LogP contribution in [0.4, 0.5) is 0 Å². The van der Waals surface area contributed by atoms with Gasteiger partial charge in [0.2, 0.25) is 0 Å². The maximum atomic E-state index is 12.4. The van der Waals surface area contributed by atoms with Crippen molar-refractivity contribution in [1.82, 2.24) is 9.78 Å². The Balaban J connectivity index is 2.08. The SMILES string of the molecule is Cc1nn(C(=O)COc2ccc(Cl)cc2Cl)c(C)c1CCC(C)C. The van der Waals surface area contributed by atoms with E-state index in [9.17, 15) is 4.79 Å². The minimum absolute atomic E-state index is 0.132. The van der Waals surface area contributed by atoms with Gasteiger partial charge < -0.3 is 4.74 Å². The molecule has 4 nitrogen and oxygen atoms in total. The predicted octanol–water partition coefficient (Wildman–Crippen LogP) is 5.11. The summed E-state index contributed by atoms with van der Waals surface area (Å²) in [5.74, 6) is 0.812. The lowest BCUT2D eigenvalue weighted by atomic mass is 10.0. The van der Waals surface area contributed by atoms with E-state index >= 15 is 0 Å². The molecular weight excluding hydrogens is 347 g/mol. The Hall–Kier alpha value is -1.52. The normalized spacial score (nSPS) is 11.1. The maximum Gasteiger partial charge on any atom is 0.284 e. The van der Waals surface area contributed by atoms with Crippen LogP contribution in [0, 0.1) is 19.8 Å². The number of carbonyl (C=O) groups excluding carboxylic acids is 1. The Morgan fingerprint density at radius 3 is 2.62 bits per heavy atom. The number of hydrogen-bond donors (Lipinski definition) is 0. The van der Waals surface area contributed by atoms with Crippen LogP contribution >= 0.6 is 23.2 Å². The monoisotopic (exact) mass is 368 g/mol. The van der Waals surface area contributed by atoms with Gasteiger partial charge in [-0.3, -0.25) is 4.79 Å². The molecule has 0 aliphatic carbocycles. The highest BCUT2D eigenvalue weighted by Gasteiger charge is 2.17. The number of nitrogens with zero attached hydrogens (tertiary/aromatic N) is 2. The molecule has 0 bridgehead atoms. The maximum absolute atomic E-state index is 12.4. The number of ether oxygens (including phenoxy) is 1. The predicted molar refractivity (Wildman–Crippen MR) is 97.4 cm³/mol. The fourth-order valence-electron chi connectivity index (χ4n) is 2.51. The van der Waals surface area contributed by atoms with Crippen LogP contribution in [0.25, 0.3) is 0 Å². The van der Waals surface area contributed by atoms with Crippen LogP contribution in [0.2, 0.25) is 10.0 Å². The molecule has 1 heterocycles. The number of rotatable bonds is 6. The van der Waals surface area contributed by atoms with Gasteiger partial charge in [-0.15, -0.1) is 0 Å². The molecule has 0 atom stereocenters. The molecule has 0 saturated carbocycles. The first-order chi connectivity index (χ1) is 11.3.